The minimum Gasteiger partial charge on any atom is -0.377 e. The van der Waals surface area contributed by atoms with Crippen molar-refractivity contribution in [1.82, 2.24) is 15.1 Å². The van der Waals surface area contributed by atoms with Gasteiger partial charge in [-0.05, 0) is 19.8 Å². The summed E-state index contributed by atoms with van der Waals surface area (Å²) in [6, 6.07) is -0.495. The van der Waals surface area contributed by atoms with Crippen molar-refractivity contribution in [1.29, 1.82) is 0 Å². The average Bonchev–Trinajstić information content (AvgIpc) is 2.49. The lowest BCUT2D eigenvalue weighted by Crippen LogP contribution is -2.57. The summed E-state index contributed by atoms with van der Waals surface area (Å²) in [7, 11) is 0. The molecule has 1 saturated heterocycles. The quantitative estimate of drug-likeness (QED) is 0.800. The first-order chi connectivity index (χ1) is 10.8. The van der Waals surface area contributed by atoms with E-state index in [9.17, 15) is 18.0 Å². The fraction of sp³-hybridized carbons (Fsp3) is 0.800. The van der Waals surface area contributed by atoms with Gasteiger partial charge in [-0.25, -0.2) is 4.79 Å². The van der Waals surface area contributed by atoms with Crippen LogP contribution in [0.2, 0.25) is 0 Å². The normalized spacial score (nSPS) is 23.6. The highest BCUT2D eigenvalue weighted by Crippen LogP contribution is 2.20. The summed E-state index contributed by atoms with van der Waals surface area (Å²) in [5.41, 5.74) is 1.28. The van der Waals surface area contributed by atoms with E-state index >= 15 is 0 Å². The van der Waals surface area contributed by atoms with Crippen molar-refractivity contribution >= 4 is 6.03 Å². The number of nitrogens with one attached hydrogen (secondary N) is 1. The molecule has 0 bridgehead atoms. The number of halogens is 3. The molecule has 132 valence electrons. The molecule has 1 unspecified atom stereocenters. The molecular formula is C15H24F3N3O2. The molecule has 2 amide bonds. The second-order valence-electron chi connectivity index (χ2n) is 6.05. The Morgan fingerprint density at radius 3 is 2.83 bits per heavy atom. The number of rotatable bonds is 4. The highest BCUT2D eigenvalue weighted by Gasteiger charge is 2.35. The van der Waals surface area contributed by atoms with Crippen molar-refractivity contribution in [3.05, 3.63) is 11.6 Å². The summed E-state index contributed by atoms with van der Waals surface area (Å²) in [4.78, 5) is 15.1. The number of carbonyl (C=O) groups is 1. The van der Waals surface area contributed by atoms with Gasteiger partial charge in [0.1, 0.15) is 0 Å². The minimum atomic E-state index is -4.20. The predicted octanol–water partition coefficient (Wildman–Crippen LogP) is 2.00. The average molecular weight is 335 g/mol. The van der Waals surface area contributed by atoms with Crippen LogP contribution in [-0.4, -0.2) is 74.0 Å². The molecule has 2 aliphatic heterocycles. The summed E-state index contributed by atoms with van der Waals surface area (Å²) < 4.78 is 42.6. The Labute approximate surface area is 134 Å². The number of urea groups is 1. The largest absolute Gasteiger partial charge is 0.401 e. The molecule has 0 aliphatic carbocycles. The lowest BCUT2D eigenvalue weighted by atomic mass is 10.1. The molecule has 8 heteroatoms. The number of hydrogen-bond donors (Lipinski definition) is 1. The minimum absolute atomic E-state index is 0.198. The van der Waals surface area contributed by atoms with Gasteiger partial charge in [-0.15, -0.1) is 0 Å². The molecule has 23 heavy (non-hydrogen) atoms. The van der Waals surface area contributed by atoms with Crippen LogP contribution >= 0.6 is 0 Å². The van der Waals surface area contributed by atoms with E-state index in [4.69, 9.17) is 4.74 Å². The number of ether oxygens (including phenoxy) is 1. The Bertz CT molecular complexity index is 440. The van der Waals surface area contributed by atoms with Gasteiger partial charge in [0.2, 0.25) is 0 Å². The van der Waals surface area contributed by atoms with Crippen LogP contribution in [0.3, 0.4) is 0 Å². The summed E-state index contributed by atoms with van der Waals surface area (Å²) in [5.74, 6) is 0. The van der Waals surface area contributed by atoms with Crippen molar-refractivity contribution in [2.24, 2.45) is 0 Å². The number of carbonyl (C=O) groups excluding carboxylic acids is 1. The van der Waals surface area contributed by atoms with E-state index < -0.39 is 12.7 Å². The Kier molecular flexibility index (Phi) is 6.29. The topological polar surface area (TPSA) is 44.8 Å². The zero-order valence-electron chi connectivity index (χ0n) is 13.4. The van der Waals surface area contributed by atoms with Gasteiger partial charge in [0.05, 0.1) is 19.8 Å². The SMILES string of the molecule is CC1CN(C(=O)NCCC2=CCOCC2)CCN1CC(F)(F)F. The first-order valence-electron chi connectivity index (χ1n) is 7.94. The maximum Gasteiger partial charge on any atom is 0.401 e. The van der Waals surface area contributed by atoms with Crippen molar-refractivity contribution in [3.8, 4) is 0 Å². The van der Waals surface area contributed by atoms with Crippen LogP contribution in [0.1, 0.15) is 19.8 Å². The first kappa shape index (κ1) is 18.1. The van der Waals surface area contributed by atoms with Gasteiger partial charge in [-0.1, -0.05) is 11.6 Å². The van der Waals surface area contributed by atoms with Gasteiger partial charge in [0.25, 0.3) is 0 Å². The van der Waals surface area contributed by atoms with Crippen molar-refractivity contribution < 1.29 is 22.7 Å². The van der Waals surface area contributed by atoms with Crippen LogP contribution in [0.5, 0.6) is 0 Å². The van der Waals surface area contributed by atoms with Gasteiger partial charge in [-0.3, -0.25) is 4.90 Å². The molecule has 0 aromatic carbocycles. The van der Waals surface area contributed by atoms with E-state index in [-0.39, 0.29) is 18.6 Å². The van der Waals surface area contributed by atoms with E-state index in [1.807, 2.05) is 6.08 Å². The third-order valence-corrected chi connectivity index (χ3v) is 4.21. The van der Waals surface area contributed by atoms with Crippen LogP contribution in [0.15, 0.2) is 11.6 Å². The number of hydrogen-bond acceptors (Lipinski definition) is 3. The van der Waals surface area contributed by atoms with Gasteiger partial charge in [0, 0.05) is 32.2 Å². The molecule has 1 atom stereocenters. The molecule has 2 rings (SSSR count). The number of alkyl halides is 3. The van der Waals surface area contributed by atoms with Crippen LogP contribution < -0.4 is 5.32 Å². The molecule has 0 aromatic heterocycles. The van der Waals surface area contributed by atoms with Crippen molar-refractivity contribution in [2.75, 3.05) is 45.9 Å². The van der Waals surface area contributed by atoms with E-state index in [1.165, 1.54) is 10.5 Å². The summed E-state index contributed by atoms with van der Waals surface area (Å²) in [6.45, 7) is 3.58. The number of amides is 2. The summed E-state index contributed by atoms with van der Waals surface area (Å²) in [6.07, 6.45) is -0.481. The molecule has 0 spiro atoms. The summed E-state index contributed by atoms with van der Waals surface area (Å²) in [5, 5.41) is 2.85. The van der Waals surface area contributed by atoms with Crippen molar-refractivity contribution in [3.63, 3.8) is 0 Å². The van der Waals surface area contributed by atoms with Crippen LogP contribution in [0.4, 0.5) is 18.0 Å². The Morgan fingerprint density at radius 1 is 1.43 bits per heavy atom. The highest BCUT2D eigenvalue weighted by molar-refractivity contribution is 5.74. The van der Waals surface area contributed by atoms with Crippen molar-refractivity contribution in [2.45, 2.75) is 32.0 Å². The molecule has 0 radical (unpaired) electrons. The van der Waals surface area contributed by atoms with E-state index in [0.29, 0.717) is 26.2 Å². The molecule has 0 saturated carbocycles. The van der Waals surface area contributed by atoms with E-state index in [1.54, 1.807) is 11.8 Å². The van der Waals surface area contributed by atoms with Gasteiger partial charge in [0.15, 0.2) is 0 Å². The maximum atomic E-state index is 12.5. The third kappa shape index (κ3) is 6.02. The Morgan fingerprint density at radius 2 is 2.22 bits per heavy atom. The third-order valence-electron chi connectivity index (χ3n) is 4.21. The van der Waals surface area contributed by atoms with Crippen LogP contribution in [0, 0.1) is 0 Å². The molecular weight excluding hydrogens is 311 g/mol. The maximum absolute atomic E-state index is 12.5. The molecule has 2 heterocycles. The van der Waals surface area contributed by atoms with Crippen LogP contribution in [-0.2, 0) is 4.74 Å². The Hall–Kier alpha value is -1.28. The molecule has 0 aromatic rings. The zero-order valence-corrected chi connectivity index (χ0v) is 13.4. The van der Waals surface area contributed by atoms with Gasteiger partial charge in [-0.2, -0.15) is 13.2 Å². The standard InChI is InChI=1S/C15H24F3N3O2/c1-12-10-20(6-7-21(12)11-15(16,17)18)14(22)19-5-2-13-3-8-23-9-4-13/h3,12H,2,4-11H2,1H3,(H,19,22). The predicted molar refractivity (Wildman–Crippen MR) is 80.2 cm³/mol. The van der Waals surface area contributed by atoms with Crippen LogP contribution in [0.25, 0.3) is 0 Å². The fourth-order valence-electron chi connectivity index (χ4n) is 2.88. The molecule has 2 aliphatic rings. The number of nitrogens with zero attached hydrogens (tertiary/aromatic N) is 2. The monoisotopic (exact) mass is 335 g/mol. The molecule has 1 fully saturated rings. The van der Waals surface area contributed by atoms with Gasteiger partial charge < -0.3 is 15.0 Å². The lowest BCUT2D eigenvalue weighted by molar-refractivity contribution is -0.153. The molecule has 5 nitrogen and oxygen atoms in total. The fourth-order valence-corrected chi connectivity index (χ4v) is 2.88. The zero-order chi connectivity index (χ0) is 16.9. The first-order valence-corrected chi connectivity index (χ1v) is 7.94. The summed E-state index contributed by atoms with van der Waals surface area (Å²) >= 11 is 0. The highest BCUT2D eigenvalue weighted by atomic mass is 19.4. The smallest absolute Gasteiger partial charge is 0.377 e. The second-order valence-corrected chi connectivity index (χ2v) is 6.05. The Balaban J connectivity index is 1.71. The number of piperazine rings is 1. The van der Waals surface area contributed by atoms with E-state index in [0.717, 1.165) is 19.4 Å². The molecule has 1 N–H and O–H groups in total. The van der Waals surface area contributed by atoms with E-state index in [2.05, 4.69) is 5.32 Å². The van der Waals surface area contributed by atoms with Gasteiger partial charge >= 0.3 is 12.2 Å². The second kappa shape index (κ2) is 8.01. The lowest BCUT2D eigenvalue weighted by Gasteiger charge is -2.40.